The van der Waals surface area contributed by atoms with Crippen molar-refractivity contribution < 1.29 is 9.59 Å². The lowest BCUT2D eigenvalue weighted by Gasteiger charge is -2.29. The van der Waals surface area contributed by atoms with Gasteiger partial charge < -0.3 is 16.0 Å². The van der Waals surface area contributed by atoms with Crippen molar-refractivity contribution in [2.45, 2.75) is 56.7 Å². The SMILES string of the molecule is NC(Cc1ccccc1)C(=O)N1CCCC1C(=O)NC1CCc2[nH]ncc2C1. The predicted molar refractivity (Wildman–Crippen MR) is 105 cm³/mol. The molecule has 2 aliphatic rings. The Kier molecular flexibility index (Phi) is 5.43. The molecule has 3 unspecified atom stereocenters. The van der Waals surface area contributed by atoms with Crippen LogP contribution in [-0.4, -0.2) is 51.6 Å². The van der Waals surface area contributed by atoms with Crippen LogP contribution in [0.5, 0.6) is 0 Å². The van der Waals surface area contributed by atoms with Crippen LogP contribution in [-0.2, 0) is 28.9 Å². The molecule has 148 valence electrons. The average Bonchev–Trinajstić information content (AvgIpc) is 3.37. The Hall–Kier alpha value is -2.67. The number of hydrogen-bond donors (Lipinski definition) is 3. The van der Waals surface area contributed by atoms with Gasteiger partial charge in [-0.25, -0.2) is 0 Å². The first-order valence-corrected chi connectivity index (χ1v) is 10.0. The summed E-state index contributed by atoms with van der Waals surface area (Å²) in [6.07, 6.45) is 6.40. The average molecular weight is 381 g/mol. The Morgan fingerprint density at radius 3 is 2.93 bits per heavy atom. The summed E-state index contributed by atoms with van der Waals surface area (Å²) in [4.78, 5) is 27.5. The summed E-state index contributed by atoms with van der Waals surface area (Å²) in [5, 5.41) is 10.2. The first-order chi connectivity index (χ1) is 13.6. The van der Waals surface area contributed by atoms with Gasteiger partial charge in [0.1, 0.15) is 6.04 Å². The molecule has 28 heavy (non-hydrogen) atoms. The molecule has 0 spiro atoms. The summed E-state index contributed by atoms with van der Waals surface area (Å²) >= 11 is 0. The Morgan fingerprint density at radius 2 is 2.11 bits per heavy atom. The highest BCUT2D eigenvalue weighted by Crippen LogP contribution is 2.22. The standard InChI is InChI=1S/C21H27N5O2/c22-17(11-14-5-2-1-3-6-14)21(28)26-10-4-7-19(26)20(27)24-16-8-9-18-15(12-16)13-23-25-18/h1-3,5-6,13,16-17,19H,4,7-12,22H2,(H,23,25)(H,24,27). The van der Waals surface area contributed by atoms with Crippen LogP contribution in [0.1, 0.15) is 36.1 Å². The van der Waals surface area contributed by atoms with E-state index in [1.54, 1.807) is 4.90 Å². The predicted octanol–water partition coefficient (Wildman–Crippen LogP) is 0.944. The lowest BCUT2D eigenvalue weighted by Crippen LogP contribution is -2.53. The maximum atomic E-state index is 12.9. The van der Waals surface area contributed by atoms with Gasteiger partial charge in [0.15, 0.2) is 0 Å². The fourth-order valence-corrected chi connectivity index (χ4v) is 4.31. The van der Waals surface area contributed by atoms with Gasteiger partial charge in [0.2, 0.25) is 11.8 Å². The van der Waals surface area contributed by atoms with Crippen molar-refractivity contribution in [1.29, 1.82) is 0 Å². The van der Waals surface area contributed by atoms with E-state index in [4.69, 9.17) is 5.73 Å². The Balaban J connectivity index is 1.36. The molecule has 2 aromatic rings. The molecule has 0 bridgehead atoms. The molecule has 4 rings (SSSR count). The van der Waals surface area contributed by atoms with E-state index in [0.717, 1.165) is 36.9 Å². The van der Waals surface area contributed by atoms with Gasteiger partial charge in [-0.3, -0.25) is 14.7 Å². The molecule has 0 saturated carbocycles. The topological polar surface area (TPSA) is 104 Å². The van der Waals surface area contributed by atoms with Crippen molar-refractivity contribution in [1.82, 2.24) is 20.4 Å². The van der Waals surface area contributed by atoms with Gasteiger partial charge in [0.25, 0.3) is 0 Å². The number of nitrogens with zero attached hydrogens (tertiary/aromatic N) is 2. The van der Waals surface area contributed by atoms with E-state index in [-0.39, 0.29) is 17.9 Å². The van der Waals surface area contributed by atoms with Crippen LogP contribution < -0.4 is 11.1 Å². The molecule has 7 nitrogen and oxygen atoms in total. The minimum atomic E-state index is -0.626. The summed E-state index contributed by atoms with van der Waals surface area (Å²) in [5.41, 5.74) is 9.54. The number of rotatable bonds is 5. The number of H-pyrrole nitrogens is 1. The second-order valence-electron chi connectivity index (χ2n) is 7.81. The van der Waals surface area contributed by atoms with Gasteiger partial charge >= 0.3 is 0 Å². The van der Waals surface area contributed by atoms with Crippen LogP contribution >= 0.6 is 0 Å². The molecule has 2 heterocycles. The number of aromatic nitrogens is 2. The Bertz CT molecular complexity index is 834. The normalized spacial score (nSPS) is 22.5. The zero-order valence-corrected chi connectivity index (χ0v) is 15.9. The molecule has 4 N–H and O–H groups in total. The number of hydrogen-bond acceptors (Lipinski definition) is 4. The number of amides is 2. The number of aryl methyl sites for hydroxylation is 1. The minimum absolute atomic E-state index is 0.0605. The number of likely N-dealkylation sites (tertiary alicyclic amines) is 1. The molecular formula is C21H27N5O2. The number of aromatic amines is 1. The van der Waals surface area contributed by atoms with E-state index < -0.39 is 12.1 Å². The number of fused-ring (bicyclic) bond motifs is 1. The first kappa shape index (κ1) is 18.7. The number of carbonyl (C=O) groups is 2. The summed E-state index contributed by atoms with van der Waals surface area (Å²) in [6, 6.07) is 8.80. The highest BCUT2D eigenvalue weighted by molar-refractivity contribution is 5.90. The van der Waals surface area contributed by atoms with Crippen molar-refractivity contribution >= 4 is 11.8 Å². The lowest BCUT2D eigenvalue weighted by molar-refractivity contribution is -0.139. The maximum Gasteiger partial charge on any atom is 0.243 e. The number of nitrogens with one attached hydrogen (secondary N) is 2. The van der Waals surface area contributed by atoms with Gasteiger partial charge in [0, 0.05) is 18.3 Å². The van der Waals surface area contributed by atoms with Gasteiger partial charge in [-0.2, -0.15) is 5.10 Å². The van der Waals surface area contributed by atoms with Crippen molar-refractivity contribution in [3.8, 4) is 0 Å². The zero-order valence-electron chi connectivity index (χ0n) is 15.9. The van der Waals surface area contributed by atoms with E-state index >= 15 is 0 Å². The van der Waals surface area contributed by atoms with Crippen molar-refractivity contribution in [2.75, 3.05) is 6.54 Å². The molecule has 7 heteroatoms. The maximum absolute atomic E-state index is 12.9. The van der Waals surface area contributed by atoms with Crippen molar-refractivity contribution in [3.05, 3.63) is 53.3 Å². The third-order valence-corrected chi connectivity index (χ3v) is 5.82. The lowest BCUT2D eigenvalue weighted by atomic mass is 9.93. The van der Waals surface area contributed by atoms with Gasteiger partial charge in [-0.1, -0.05) is 30.3 Å². The van der Waals surface area contributed by atoms with Crippen LogP contribution in [0, 0.1) is 0 Å². The Labute approximate surface area is 164 Å². The smallest absolute Gasteiger partial charge is 0.243 e. The van der Waals surface area contributed by atoms with E-state index in [9.17, 15) is 9.59 Å². The molecule has 1 aromatic heterocycles. The van der Waals surface area contributed by atoms with Crippen LogP contribution in [0.25, 0.3) is 0 Å². The van der Waals surface area contributed by atoms with Crippen LogP contribution in [0.4, 0.5) is 0 Å². The molecular weight excluding hydrogens is 354 g/mol. The van der Waals surface area contributed by atoms with Crippen molar-refractivity contribution in [3.63, 3.8) is 0 Å². The summed E-state index contributed by atoms with van der Waals surface area (Å²) in [5.74, 6) is -0.197. The highest BCUT2D eigenvalue weighted by atomic mass is 16.2. The molecule has 2 amide bonds. The molecule has 1 aliphatic heterocycles. The van der Waals surface area contributed by atoms with Crippen LogP contribution in [0.3, 0.4) is 0 Å². The number of nitrogens with two attached hydrogens (primary N) is 1. The highest BCUT2D eigenvalue weighted by Gasteiger charge is 2.37. The Morgan fingerprint density at radius 1 is 1.29 bits per heavy atom. The molecule has 1 saturated heterocycles. The third-order valence-electron chi connectivity index (χ3n) is 5.82. The van der Waals surface area contributed by atoms with E-state index in [0.29, 0.717) is 19.4 Å². The number of carbonyl (C=O) groups excluding carboxylic acids is 2. The third kappa shape index (κ3) is 3.94. The molecule has 1 aliphatic carbocycles. The quantitative estimate of drug-likeness (QED) is 0.717. The fourth-order valence-electron chi connectivity index (χ4n) is 4.31. The summed E-state index contributed by atoms with van der Waals surface area (Å²) < 4.78 is 0. The largest absolute Gasteiger partial charge is 0.351 e. The number of benzene rings is 1. The molecule has 0 radical (unpaired) electrons. The molecule has 1 aromatic carbocycles. The molecule has 1 fully saturated rings. The van der Waals surface area contributed by atoms with Gasteiger partial charge in [0.05, 0.1) is 12.2 Å². The summed E-state index contributed by atoms with van der Waals surface area (Å²) in [6.45, 7) is 0.593. The fraction of sp³-hybridized carbons (Fsp3) is 0.476. The van der Waals surface area contributed by atoms with Gasteiger partial charge in [-0.05, 0) is 49.7 Å². The first-order valence-electron chi connectivity index (χ1n) is 10.0. The van der Waals surface area contributed by atoms with Crippen LogP contribution in [0.15, 0.2) is 36.5 Å². The van der Waals surface area contributed by atoms with Gasteiger partial charge in [-0.15, -0.1) is 0 Å². The molecule has 3 atom stereocenters. The second kappa shape index (κ2) is 8.14. The zero-order chi connectivity index (χ0) is 19.5. The van der Waals surface area contributed by atoms with Crippen LogP contribution in [0.2, 0.25) is 0 Å². The monoisotopic (exact) mass is 381 g/mol. The minimum Gasteiger partial charge on any atom is -0.351 e. The summed E-state index contributed by atoms with van der Waals surface area (Å²) in [7, 11) is 0. The van der Waals surface area contributed by atoms with E-state index in [2.05, 4.69) is 15.5 Å². The van der Waals surface area contributed by atoms with E-state index in [1.807, 2.05) is 36.5 Å². The van der Waals surface area contributed by atoms with Crippen molar-refractivity contribution in [2.24, 2.45) is 5.73 Å². The van der Waals surface area contributed by atoms with E-state index in [1.165, 1.54) is 5.56 Å². The second-order valence-corrected chi connectivity index (χ2v) is 7.81.